The average molecular weight is 461 g/mol. The molecule has 5 heteroatoms. The van der Waals surface area contributed by atoms with Gasteiger partial charge in [-0.1, -0.05) is 52.3 Å². The van der Waals surface area contributed by atoms with E-state index in [0.717, 1.165) is 37.9 Å². The highest BCUT2D eigenvalue weighted by molar-refractivity contribution is 9.10. The third-order valence-electron chi connectivity index (χ3n) is 4.87. The Labute approximate surface area is 184 Å². The number of ether oxygens (including phenoxy) is 1. The Morgan fingerprint density at radius 1 is 1.03 bits per heavy atom. The van der Waals surface area contributed by atoms with Crippen molar-refractivity contribution in [1.29, 1.82) is 0 Å². The second-order valence-electron chi connectivity index (χ2n) is 6.90. The van der Waals surface area contributed by atoms with Gasteiger partial charge < -0.3 is 10.1 Å². The molecule has 0 aliphatic rings. The molecule has 150 valence electrons. The Kier molecular flexibility index (Phi) is 5.81. The van der Waals surface area contributed by atoms with Crippen LogP contribution in [-0.4, -0.2) is 17.5 Å². The third kappa shape index (κ3) is 4.07. The summed E-state index contributed by atoms with van der Waals surface area (Å²) >= 11 is 3.52. The van der Waals surface area contributed by atoms with Crippen molar-refractivity contribution in [3.63, 3.8) is 0 Å². The van der Waals surface area contributed by atoms with E-state index < -0.39 is 0 Å². The van der Waals surface area contributed by atoms with Gasteiger partial charge >= 0.3 is 0 Å². The first-order valence-corrected chi connectivity index (χ1v) is 10.6. The molecule has 0 fully saturated rings. The summed E-state index contributed by atoms with van der Waals surface area (Å²) in [5, 5.41) is 3.83. The van der Waals surface area contributed by atoms with E-state index in [0.29, 0.717) is 17.9 Å². The maximum atomic E-state index is 13.4. The molecule has 0 radical (unpaired) electrons. The van der Waals surface area contributed by atoms with Crippen LogP contribution < -0.4 is 10.1 Å². The number of aromatic nitrogens is 1. The number of benzene rings is 3. The van der Waals surface area contributed by atoms with Crippen molar-refractivity contribution in [2.45, 2.75) is 13.8 Å². The zero-order valence-electron chi connectivity index (χ0n) is 16.8. The first kappa shape index (κ1) is 20.1. The molecule has 1 aromatic heterocycles. The monoisotopic (exact) mass is 460 g/mol. The quantitative estimate of drug-likeness (QED) is 0.363. The zero-order valence-corrected chi connectivity index (χ0v) is 18.4. The highest BCUT2D eigenvalue weighted by atomic mass is 79.9. The third-order valence-corrected chi connectivity index (χ3v) is 5.36. The highest BCUT2D eigenvalue weighted by Crippen LogP contribution is 2.32. The minimum atomic E-state index is -0.177. The van der Waals surface area contributed by atoms with Crippen LogP contribution in [0, 0.1) is 6.92 Å². The smallest absolute Gasteiger partial charge is 0.256 e. The van der Waals surface area contributed by atoms with E-state index in [-0.39, 0.29) is 5.91 Å². The summed E-state index contributed by atoms with van der Waals surface area (Å²) in [5.41, 5.74) is 4.69. The van der Waals surface area contributed by atoms with Crippen LogP contribution in [-0.2, 0) is 0 Å². The molecule has 30 heavy (non-hydrogen) atoms. The largest absolute Gasteiger partial charge is 0.494 e. The molecule has 0 aliphatic heterocycles. The summed E-state index contributed by atoms with van der Waals surface area (Å²) in [5.74, 6) is 0.545. The van der Waals surface area contributed by atoms with Gasteiger partial charge in [0.1, 0.15) is 5.75 Å². The molecule has 0 aliphatic carbocycles. The average Bonchev–Trinajstić information content (AvgIpc) is 2.74. The van der Waals surface area contributed by atoms with E-state index in [9.17, 15) is 4.79 Å². The van der Waals surface area contributed by atoms with Crippen LogP contribution in [0.2, 0.25) is 0 Å². The summed E-state index contributed by atoms with van der Waals surface area (Å²) in [6.07, 6.45) is 0. The van der Waals surface area contributed by atoms with Crippen molar-refractivity contribution in [2.75, 3.05) is 11.9 Å². The number of hydrogen-bond donors (Lipinski definition) is 1. The number of pyridine rings is 1. The van der Waals surface area contributed by atoms with Crippen molar-refractivity contribution in [3.8, 4) is 17.0 Å². The van der Waals surface area contributed by atoms with Crippen LogP contribution in [0.25, 0.3) is 22.2 Å². The van der Waals surface area contributed by atoms with Crippen LogP contribution >= 0.6 is 15.9 Å². The summed E-state index contributed by atoms with van der Waals surface area (Å²) in [7, 11) is 0. The maximum Gasteiger partial charge on any atom is 0.256 e. The van der Waals surface area contributed by atoms with Gasteiger partial charge in [0.25, 0.3) is 5.91 Å². The molecule has 0 atom stereocenters. The molecule has 4 aromatic rings. The number of amides is 1. The maximum absolute atomic E-state index is 13.4. The Hall–Kier alpha value is -3.18. The van der Waals surface area contributed by atoms with Gasteiger partial charge in [-0.2, -0.15) is 0 Å². The van der Waals surface area contributed by atoms with Crippen molar-refractivity contribution in [2.24, 2.45) is 0 Å². The second-order valence-corrected chi connectivity index (χ2v) is 7.82. The van der Waals surface area contributed by atoms with E-state index in [1.807, 2.05) is 86.6 Å². The molecule has 0 saturated carbocycles. The number of carbonyl (C=O) groups excluding carboxylic acids is 1. The number of fused-ring (bicyclic) bond motifs is 1. The van der Waals surface area contributed by atoms with E-state index >= 15 is 0 Å². The van der Waals surface area contributed by atoms with E-state index in [2.05, 4.69) is 21.2 Å². The molecule has 3 aromatic carbocycles. The SMILES string of the molecule is CCOc1cccc(NC(=O)c2c(C)c(-c3ccccc3)nc3ccc(Br)cc23)c1. The molecule has 4 rings (SSSR count). The van der Waals surface area contributed by atoms with Gasteiger partial charge in [0.15, 0.2) is 0 Å². The number of anilines is 1. The lowest BCUT2D eigenvalue weighted by Crippen LogP contribution is -2.15. The molecular weight excluding hydrogens is 440 g/mol. The number of rotatable bonds is 5. The second kappa shape index (κ2) is 8.67. The molecule has 4 nitrogen and oxygen atoms in total. The predicted molar refractivity (Wildman–Crippen MR) is 125 cm³/mol. The molecule has 0 unspecified atom stereocenters. The summed E-state index contributed by atoms with van der Waals surface area (Å²) in [4.78, 5) is 18.3. The molecule has 0 saturated heterocycles. The van der Waals surface area contributed by atoms with Crippen LogP contribution in [0.1, 0.15) is 22.8 Å². The Morgan fingerprint density at radius 2 is 1.83 bits per heavy atom. The van der Waals surface area contributed by atoms with Gasteiger partial charge in [-0.3, -0.25) is 4.79 Å². The molecule has 0 bridgehead atoms. The molecular formula is C25H21BrN2O2. The van der Waals surface area contributed by atoms with Crippen molar-refractivity contribution in [1.82, 2.24) is 4.98 Å². The fourth-order valence-corrected chi connectivity index (χ4v) is 3.89. The van der Waals surface area contributed by atoms with Gasteiger partial charge in [0.2, 0.25) is 0 Å². The van der Waals surface area contributed by atoms with Crippen LogP contribution in [0.3, 0.4) is 0 Å². The fraction of sp³-hybridized carbons (Fsp3) is 0.120. The highest BCUT2D eigenvalue weighted by Gasteiger charge is 2.19. The molecule has 1 heterocycles. The molecule has 1 amide bonds. The van der Waals surface area contributed by atoms with Crippen molar-refractivity contribution < 1.29 is 9.53 Å². The number of nitrogens with zero attached hydrogens (tertiary/aromatic N) is 1. The van der Waals surface area contributed by atoms with E-state index in [1.54, 1.807) is 0 Å². The molecule has 1 N–H and O–H groups in total. The van der Waals surface area contributed by atoms with Gasteiger partial charge in [-0.15, -0.1) is 0 Å². The number of carbonyl (C=O) groups is 1. The van der Waals surface area contributed by atoms with Gasteiger partial charge in [0, 0.05) is 27.2 Å². The number of nitrogens with one attached hydrogen (secondary N) is 1. The standard InChI is InChI=1S/C25H21BrN2O2/c1-3-30-20-11-7-10-19(15-20)27-25(29)23-16(2)24(17-8-5-4-6-9-17)28-22-13-12-18(26)14-21(22)23/h4-15H,3H2,1-2H3,(H,27,29). The van der Waals surface area contributed by atoms with Crippen LogP contribution in [0.5, 0.6) is 5.75 Å². The zero-order chi connectivity index (χ0) is 21.1. The Morgan fingerprint density at radius 3 is 2.60 bits per heavy atom. The lowest BCUT2D eigenvalue weighted by Gasteiger charge is -2.15. The molecule has 0 spiro atoms. The fourth-order valence-electron chi connectivity index (χ4n) is 3.52. The first-order valence-electron chi connectivity index (χ1n) is 9.76. The summed E-state index contributed by atoms with van der Waals surface area (Å²) in [6, 6.07) is 23.2. The summed E-state index contributed by atoms with van der Waals surface area (Å²) in [6.45, 7) is 4.45. The van der Waals surface area contributed by atoms with E-state index in [1.165, 1.54) is 0 Å². The van der Waals surface area contributed by atoms with Crippen LogP contribution in [0.4, 0.5) is 5.69 Å². The first-order chi connectivity index (χ1) is 14.6. The number of halogens is 1. The lowest BCUT2D eigenvalue weighted by atomic mass is 9.97. The van der Waals surface area contributed by atoms with Crippen LogP contribution in [0.15, 0.2) is 77.3 Å². The topological polar surface area (TPSA) is 51.2 Å². The Balaban J connectivity index is 1.84. The minimum absolute atomic E-state index is 0.177. The normalized spacial score (nSPS) is 10.8. The van der Waals surface area contributed by atoms with Gasteiger partial charge in [-0.05, 0) is 49.7 Å². The predicted octanol–water partition coefficient (Wildman–Crippen LogP) is 6.62. The van der Waals surface area contributed by atoms with Gasteiger partial charge in [0.05, 0.1) is 23.4 Å². The number of hydrogen-bond acceptors (Lipinski definition) is 3. The van der Waals surface area contributed by atoms with Crippen molar-refractivity contribution in [3.05, 3.63) is 88.4 Å². The van der Waals surface area contributed by atoms with Gasteiger partial charge in [-0.25, -0.2) is 4.98 Å². The van der Waals surface area contributed by atoms with E-state index in [4.69, 9.17) is 9.72 Å². The van der Waals surface area contributed by atoms with Crippen molar-refractivity contribution >= 4 is 38.4 Å². The lowest BCUT2D eigenvalue weighted by molar-refractivity contribution is 0.102. The minimum Gasteiger partial charge on any atom is -0.494 e. The summed E-state index contributed by atoms with van der Waals surface area (Å²) < 4.78 is 6.45. The Bertz CT molecular complexity index is 1220.